The molecule has 0 aliphatic carbocycles. The molecule has 2 aliphatic heterocycles. The highest BCUT2D eigenvalue weighted by Crippen LogP contribution is 2.38. The van der Waals surface area contributed by atoms with Gasteiger partial charge in [0, 0.05) is 12.8 Å². The van der Waals surface area contributed by atoms with Crippen molar-refractivity contribution in [1.82, 2.24) is 0 Å². The molecule has 0 spiro atoms. The molecule has 0 bridgehead atoms. The number of unbranched alkanes of at least 4 members (excludes halogenated alkanes) is 12. The van der Waals surface area contributed by atoms with E-state index < -0.39 is 14.1 Å². The number of hydrogen-bond donors (Lipinski definition) is 0. The van der Waals surface area contributed by atoms with Gasteiger partial charge in [-0.3, -0.25) is 0 Å². The molecule has 2 fully saturated rings. The van der Waals surface area contributed by atoms with E-state index in [9.17, 15) is 0 Å². The Morgan fingerprint density at radius 3 is 1.81 bits per heavy atom. The summed E-state index contributed by atoms with van der Waals surface area (Å²) in [4.78, 5) is 0. The van der Waals surface area contributed by atoms with Crippen LogP contribution in [-0.4, -0.2) is 45.1 Å². The van der Waals surface area contributed by atoms with Gasteiger partial charge in [-0.05, 0) is 48.5 Å². The van der Waals surface area contributed by atoms with Crippen LogP contribution >= 0.6 is 0 Å². The van der Waals surface area contributed by atoms with Crippen LogP contribution < -0.4 is 10.4 Å². The van der Waals surface area contributed by atoms with Crippen molar-refractivity contribution in [2.45, 2.75) is 180 Å². The van der Waals surface area contributed by atoms with E-state index >= 15 is 0 Å². The summed E-state index contributed by atoms with van der Waals surface area (Å²) in [5, 5.41) is 2.55. The molecule has 4 atom stereocenters. The van der Waals surface area contributed by atoms with Crippen LogP contribution in [0.4, 0.5) is 0 Å². The van der Waals surface area contributed by atoms with Crippen LogP contribution in [0.5, 0.6) is 0 Å². The molecule has 0 radical (unpaired) electrons. The summed E-state index contributed by atoms with van der Waals surface area (Å²) in [7, 11) is -2.60. The zero-order valence-electron chi connectivity index (χ0n) is 31.2. The van der Waals surface area contributed by atoms with Crippen LogP contribution in [-0.2, 0) is 18.6 Å². The molecular weight excluding hydrogens is 609 g/mol. The van der Waals surface area contributed by atoms with Crippen LogP contribution in [0.15, 0.2) is 60.7 Å². The molecule has 2 aromatic rings. The molecular formula is C43H66O4Si. The summed E-state index contributed by atoms with van der Waals surface area (Å²) in [5.74, 6) is 6.22. The predicted octanol–water partition coefficient (Wildman–Crippen LogP) is 10.1. The van der Waals surface area contributed by atoms with E-state index in [4.69, 9.17) is 18.6 Å². The van der Waals surface area contributed by atoms with E-state index in [-0.39, 0.29) is 29.5 Å². The summed E-state index contributed by atoms with van der Waals surface area (Å²) in [5.41, 5.74) is 0. The van der Waals surface area contributed by atoms with E-state index in [0.29, 0.717) is 6.61 Å². The molecule has 0 aromatic heterocycles. The fourth-order valence-corrected chi connectivity index (χ4v) is 12.3. The van der Waals surface area contributed by atoms with Gasteiger partial charge in [0.2, 0.25) is 0 Å². The highest BCUT2D eigenvalue weighted by molar-refractivity contribution is 6.99. The number of benzene rings is 2. The first-order chi connectivity index (χ1) is 23.1. The quantitative estimate of drug-likeness (QED) is 0.0896. The topological polar surface area (TPSA) is 36.9 Å². The van der Waals surface area contributed by atoms with Gasteiger partial charge in [0.15, 0.2) is 5.79 Å². The molecule has 2 aromatic carbocycles. The van der Waals surface area contributed by atoms with Gasteiger partial charge in [0.05, 0.1) is 24.9 Å². The minimum absolute atomic E-state index is 0.0292. The molecule has 48 heavy (non-hydrogen) atoms. The smallest absolute Gasteiger partial charge is 0.261 e. The predicted molar refractivity (Wildman–Crippen MR) is 203 cm³/mol. The Balaban J connectivity index is 1.24. The van der Waals surface area contributed by atoms with E-state index in [0.717, 1.165) is 25.7 Å². The first-order valence-corrected chi connectivity index (χ1v) is 21.3. The average Bonchev–Trinajstić information content (AvgIpc) is 3.54. The van der Waals surface area contributed by atoms with Crippen molar-refractivity contribution >= 4 is 18.7 Å². The van der Waals surface area contributed by atoms with Crippen LogP contribution in [0.1, 0.15) is 144 Å². The van der Waals surface area contributed by atoms with Gasteiger partial charge < -0.3 is 18.6 Å². The third kappa shape index (κ3) is 11.6. The first kappa shape index (κ1) is 38.9. The molecule has 5 heteroatoms. The maximum atomic E-state index is 7.21. The molecule has 0 unspecified atom stereocenters. The van der Waals surface area contributed by atoms with E-state index in [1.165, 1.54) is 87.4 Å². The van der Waals surface area contributed by atoms with Crippen LogP contribution in [0.2, 0.25) is 5.04 Å². The van der Waals surface area contributed by atoms with Crippen LogP contribution in [0, 0.1) is 11.8 Å². The molecule has 0 amide bonds. The van der Waals surface area contributed by atoms with Gasteiger partial charge in [0.25, 0.3) is 8.32 Å². The third-order valence-electron chi connectivity index (χ3n) is 10.2. The second kappa shape index (κ2) is 19.4. The Bertz CT molecular complexity index is 1190. The minimum Gasteiger partial charge on any atom is -0.405 e. The zero-order chi connectivity index (χ0) is 34.3. The summed E-state index contributed by atoms with van der Waals surface area (Å²) in [6.45, 7) is 13.9. The van der Waals surface area contributed by atoms with Crippen molar-refractivity contribution in [1.29, 1.82) is 0 Å². The highest BCUT2D eigenvalue weighted by Gasteiger charge is 2.51. The summed E-state index contributed by atoms with van der Waals surface area (Å²) in [6, 6.07) is 21.7. The average molecular weight is 675 g/mol. The largest absolute Gasteiger partial charge is 0.405 e. The third-order valence-corrected chi connectivity index (χ3v) is 15.2. The maximum absolute atomic E-state index is 7.21. The molecule has 4 nitrogen and oxygen atoms in total. The van der Waals surface area contributed by atoms with Gasteiger partial charge in [-0.1, -0.05) is 165 Å². The lowest BCUT2D eigenvalue weighted by Crippen LogP contribution is -2.67. The molecule has 2 saturated heterocycles. The lowest BCUT2D eigenvalue weighted by molar-refractivity contribution is -0.304. The molecule has 2 heterocycles. The molecule has 0 N–H and O–H groups in total. The molecule has 0 saturated carbocycles. The van der Waals surface area contributed by atoms with Gasteiger partial charge in [-0.25, -0.2) is 0 Å². The monoisotopic (exact) mass is 674 g/mol. The lowest BCUT2D eigenvalue weighted by atomic mass is 10.0. The minimum atomic E-state index is -2.60. The first-order valence-electron chi connectivity index (χ1n) is 19.4. The van der Waals surface area contributed by atoms with Crippen LogP contribution in [0.3, 0.4) is 0 Å². The fraction of sp³-hybridized carbons (Fsp3) is 0.674. The summed E-state index contributed by atoms with van der Waals surface area (Å²) < 4.78 is 26.6. The number of rotatable bonds is 18. The Morgan fingerprint density at radius 2 is 1.27 bits per heavy atom. The van der Waals surface area contributed by atoms with Crippen molar-refractivity contribution in [3.05, 3.63) is 60.7 Å². The fourth-order valence-electron chi connectivity index (χ4n) is 7.71. The van der Waals surface area contributed by atoms with E-state index in [2.05, 4.69) is 100 Å². The van der Waals surface area contributed by atoms with Crippen molar-refractivity contribution in [2.24, 2.45) is 0 Å². The van der Waals surface area contributed by atoms with Crippen molar-refractivity contribution < 1.29 is 18.6 Å². The highest BCUT2D eigenvalue weighted by atomic mass is 28.4. The second-order valence-electron chi connectivity index (χ2n) is 15.7. The number of hydrogen-bond acceptors (Lipinski definition) is 4. The van der Waals surface area contributed by atoms with E-state index in [1.807, 2.05) is 13.8 Å². The van der Waals surface area contributed by atoms with Gasteiger partial charge in [0.1, 0.15) is 6.10 Å². The lowest BCUT2D eigenvalue weighted by Gasteiger charge is -2.43. The second-order valence-corrected chi connectivity index (χ2v) is 20.0. The SMILES string of the molecule is CCCCCCCCCCCCCCC#C[C@@H]1C[C@@H]([C@@H]2CC[C@@H](CO[Si](c3ccccc3)(c3ccccc3)C(C)(C)C)O2)OC(C)(C)O1. The zero-order valence-corrected chi connectivity index (χ0v) is 32.2. The molecule has 2 aliphatic rings. The Kier molecular flexibility index (Phi) is 15.7. The summed E-state index contributed by atoms with van der Waals surface area (Å²) >= 11 is 0. The van der Waals surface area contributed by atoms with E-state index in [1.54, 1.807) is 0 Å². The molecule has 266 valence electrons. The van der Waals surface area contributed by atoms with Crippen LogP contribution in [0.25, 0.3) is 0 Å². The Labute approximate surface area is 295 Å². The van der Waals surface area contributed by atoms with Crippen molar-refractivity contribution in [3.63, 3.8) is 0 Å². The normalized spacial score (nSPS) is 22.7. The maximum Gasteiger partial charge on any atom is 0.261 e. The molecule has 4 rings (SSSR count). The standard InChI is InChI=1S/C43H66O4Si/c1-7-8-9-10-11-12-13-14-15-16-17-18-19-22-27-36-34-41(47-43(5,6)46-36)40-33-32-37(45-40)35-44-48(42(2,3)4,38-28-23-20-24-29-38)39-30-25-21-26-31-39/h20-21,23-26,28-31,36-37,40-41H,7-19,32-35H2,1-6H3/t36-,37+,40+,41+/m1/s1. The van der Waals surface area contributed by atoms with Crippen molar-refractivity contribution in [3.8, 4) is 11.8 Å². The summed E-state index contributed by atoms with van der Waals surface area (Å²) in [6.07, 6.45) is 19.9. The Morgan fingerprint density at radius 1 is 0.729 bits per heavy atom. The van der Waals surface area contributed by atoms with Gasteiger partial charge in [-0.2, -0.15) is 0 Å². The Hall–Kier alpha value is -1.94. The van der Waals surface area contributed by atoms with Gasteiger partial charge >= 0.3 is 0 Å². The van der Waals surface area contributed by atoms with Crippen molar-refractivity contribution in [2.75, 3.05) is 6.61 Å². The number of ether oxygens (including phenoxy) is 3. The van der Waals surface area contributed by atoms with Gasteiger partial charge in [-0.15, -0.1) is 5.92 Å².